The molecule has 2 heterocycles. The maximum atomic E-state index is 12.3. The molecule has 2 aromatic heterocycles. The first-order chi connectivity index (χ1) is 12.1. The van der Waals surface area contributed by atoms with Crippen LogP contribution >= 0.6 is 11.8 Å². The molecule has 0 radical (unpaired) electrons. The van der Waals surface area contributed by atoms with E-state index in [1.165, 1.54) is 18.0 Å². The lowest BCUT2D eigenvalue weighted by Crippen LogP contribution is -2.25. The predicted molar refractivity (Wildman–Crippen MR) is 98.2 cm³/mol. The number of H-pyrrole nitrogens is 1. The van der Waals surface area contributed by atoms with Gasteiger partial charge in [-0.15, -0.1) is 0 Å². The maximum absolute atomic E-state index is 12.3. The van der Waals surface area contributed by atoms with Crippen LogP contribution in [0.5, 0.6) is 0 Å². The molecule has 0 saturated carbocycles. The molecule has 3 rings (SSSR count). The third kappa shape index (κ3) is 3.90. The molecule has 0 spiro atoms. The highest BCUT2D eigenvalue weighted by Crippen LogP contribution is 2.18. The summed E-state index contributed by atoms with van der Waals surface area (Å²) in [5, 5.41) is 7.90. The van der Waals surface area contributed by atoms with Crippen LogP contribution in [0.15, 0.2) is 40.4 Å². The SMILES string of the molecule is CCCNC(=O)CSc1nc2c(cnn2-c2cccc(C)c2)c(=O)[nH]1. The Bertz CT molecular complexity index is 963. The number of carbonyl (C=O) groups excluding carboxylic acids is 1. The summed E-state index contributed by atoms with van der Waals surface area (Å²) >= 11 is 1.20. The van der Waals surface area contributed by atoms with Gasteiger partial charge in [-0.1, -0.05) is 30.8 Å². The van der Waals surface area contributed by atoms with E-state index in [0.717, 1.165) is 17.7 Å². The van der Waals surface area contributed by atoms with Crippen LogP contribution in [0, 0.1) is 6.92 Å². The molecule has 25 heavy (non-hydrogen) atoms. The molecule has 0 saturated heterocycles. The van der Waals surface area contributed by atoms with E-state index in [0.29, 0.717) is 22.7 Å². The molecule has 7 nitrogen and oxygen atoms in total. The summed E-state index contributed by atoms with van der Waals surface area (Å²) in [4.78, 5) is 31.2. The second-order valence-electron chi connectivity index (χ2n) is 5.64. The Labute approximate surface area is 148 Å². The van der Waals surface area contributed by atoms with Crippen molar-refractivity contribution in [2.45, 2.75) is 25.4 Å². The number of amides is 1. The fourth-order valence-electron chi connectivity index (χ4n) is 2.36. The molecular weight excluding hydrogens is 338 g/mol. The first kappa shape index (κ1) is 17.2. The van der Waals surface area contributed by atoms with Gasteiger partial charge in [0.25, 0.3) is 5.56 Å². The van der Waals surface area contributed by atoms with Gasteiger partial charge in [-0.25, -0.2) is 9.67 Å². The number of rotatable bonds is 6. The highest BCUT2D eigenvalue weighted by molar-refractivity contribution is 7.99. The number of thioether (sulfide) groups is 1. The number of fused-ring (bicyclic) bond motifs is 1. The molecule has 0 bridgehead atoms. The monoisotopic (exact) mass is 357 g/mol. The van der Waals surface area contributed by atoms with E-state index >= 15 is 0 Å². The fraction of sp³-hybridized carbons (Fsp3) is 0.294. The second-order valence-corrected chi connectivity index (χ2v) is 6.61. The Kier molecular flexibility index (Phi) is 5.18. The highest BCUT2D eigenvalue weighted by Gasteiger charge is 2.13. The minimum absolute atomic E-state index is 0.0817. The quantitative estimate of drug-likeness (QED) is 0.520. The van der Waals surface area contributed by atoms with Crippen LogP contribution in [-0.4, -0.2) is 38.0 Å². The molecule has 2 N–H and O–H groups in total. The van der Waals surface area contributed by atoms with Crippen molar-refractivity contribution < 1.29 is 4.79 Å². The molecule has 0 aliphatic heterocycles. The topological polar surface area (TPSA) is 92.7 Å². The Hall–Kier alpha value is -2.61. The Morgan fingerprint density at radius 1 is 1.40 bits per heavy atom. The molecule has 0 fully saturated rings. The minimum Gasteiger partial charge on any atom is -0.355 e. The average Bonchev–Trinajstić information content (AvgIpc) is 3.02. The number of nitrogens with zero attached hydrogens (tertiary/aromatic N) is 3. The zero-order valence-electron chi connectivity index (χ0n) is 14.1. The number of aryl methyl sites for hydroxylation is 1. The zero-order valence-corrected chi connectivity index (χ0v) is 14.9. The Morgan fingerprint density at radius 2 is 2.24 bits per heavy atom. The summed E-state index contributed by atoms with van der Waals surface area (Å²) in [5.74, 6) is 0.120. The molecule has 0 atom stereocenters. The number of aromatic nitrogens is 4. The largest absolute Gasteiger partial charge is 0.355 e. The van der Waals surface area contributed by atoms with Crippen LogP contribution < -0.4 is 10.9 Å². The van der Waals surface area contributed by atoms with Gasteiger partial charge in [0.2, 0.25) is 5.91 Å². The van der Waals surface area contributed by atoms with Crippen LogP contribution in [0.3, 0.4) is 0 Å². The van der Waals surface area contributed by atoms with E-state index in [-0.39, 0.29) is 17.2 Å². The molecule has 1 amide bonds. The van der Waals surface area contributed by atoms with Crippen molar-refractivity contribution in [2.75, 3.05) is 12.3 Å². The van der Waals surface area contributed by atoms with Crippen molar-refractivity contribution in [3.8, 4) is 5.69 Å². The van der Waals surface area contributed by atoms with E-state index in [1.54, 1.807) is 4.68 Å². The first-order valence-corrected chi connectivity index (χ1v) is 9.01. The van der Waals surface area contributed by atoms with Gasteiger partial charge in [0.1, 0.15) is 5.39 Å². The van der Waals surface area contributed by atoms with E-state index in [2.05, 4.69) is 20.4 Å². The zero-order chi connectivity index (χ0) is 17.8. The maximum Gasteiger partial charge on any atom is 0.262 e. The molecule has 0 aliphatic carbocycles. The molecule has 130 valence electrons. The summed E-state index contributed by atoms with van der Waals surface area (Å²) in [6, 6.07) is 7.80. The van der Waals surface area contributed by atoms with Gasteiger partial charge in [0, 0.05) is 6.54 Å². The van der Waals surface area contributed by atoms with Crippen molar-refractivity contribution in [3.63, 3.8) is 0 Å². The molecular formula is C17H19N5O2S. The van der Waals surface area contributed by atoms with E-state index < -0.39 is 0 Å². The average molecular weight is 357 g/mol. The minimum atomic E-state index is -0.264. The lowest BCUT2D eigenvalue weighted by Gasteiger charge is -2.06. The molecule has 0 unspecified atom stereocenters. The number of carbonyl (C=O) groups is 1. The number of hydrogen-bond acceptors (Lipinski definition) is 5. The number of aromatic amines is 1. The summed E-state index contributed by atoms with van der Waals surface area (Å²) in [7, 11) is 0. The van der Waals surface area contributed by atoms with Crippen molar-refractivity contribution in [2.24, 2.45) is 0 Å². The van der Waals surface area contributed by atoms with Gasteiger partial charge in [0.05, 0.1) is 17.6 Å². The Morgan fingerprint density at radius 3 is 3.00 bits per heavy atom. The summed E-state index contributed by atoms with van der Waals surface area (Å²) in [6.45, 7) is 4.63. The standard InChI is InChI=1S/C17H19N5O2S/c1-3-7-18-14(23)10-25-17-20-15-13(16(24)21-17)9-19-22(15)12-6-4-5-11(2)8-12/h4-6,8-9H,3,7,10H2,1-2H3,(H,18,23)(H,20,21,24). The van der Waals surface area contributed by atoms with Crippen LogP contribution in [0.1, 0.15) is 18.9 Å². The number of hydrogen-bond donors (Lipinski definition) is 2. The van der Waals surface area contributed by atoms with Crippen molar-refractivity contribution in [1.82, 2.24) is 25.1 Å². The number of nitrogens with one attached hydrogen (secondary N) is 2. The third-order valence-electron chi connectivity index (χ3n) is 3.57. The van der Waals surface area contributed by atoms with Gasteiger partial charge in [0.15, 0.2) is 10.8 Å². The molecule has 8 heteroatoms. The van der Waals surface area contributed by atoms with E-state index in [1.807, 2.05) is 38.1 Å². The summed E-state index contributed by atoms with van der Waals surface area (Å²) in [6.07, 6.45) is 2.39. The van der Waals surface area contributed by atoms with Crippen LogP contribution in [0.25, 0.3) is 16.7 Å². The van der Waals surface area contributed by atoms with E-state index in [9.17, 15) is 9.59 Å². The molecule has 1 aromatic carbocycles. The van der Waals surface area contributed by atoms with Crippen molar-refractivity contribution >= 4 is 28.7 Å². The van der Waals surface area contributed by atoms with E-state index in [4.69, 9.17) is 0 Å². The van der Waals surface area contributed by atoms with Gasteiger partial charge < -0.3 is 10.3 Å². The van der Waals surface area contributed by atoms with Gasteiger partial charge in [-0.2, -0.15) is 5.10 Å². The normalized spacial score (nSPS) is 11.0. The lowest BCUT2D eigenvalue weighted by molar-refractivity contribution is -0.118. The highest BCUT2D eigenvalue weighted by atomic mass is 32.2. The van der Waals surface area contributed by atoms with Crippen LogP contribution in [0.2, 0.25) is 0 Å². The third-order valence-corrected chi connectivity index (χ3v) is 4.45. The smallest absolute Gasteiger partial charge is 0.262 e. The van der Waals surface area contributed by atoms with Gasteiger partial charge in [-0.05, 0) is 31.0 Å². The first-order valence-electron chi connectivity index (χ1n) is 8.03. The summed E-state index contributed by atoms with van der Waals surface area (Å²) in [5.41, 5.74) is 2.14. The van der Waals surface area contributed by atoms with Gasteiger partial charge >= 0.3 is 0 Å². The van der Waals surface area contributed by atoms with Crippen LogP contribution in [0.4, 0.5) is 0 Å². The fourth-order valence-corrected chi connectivity index (χ4v) is 3.05. The Balaban J connectivity index is 1.91. The predicted octanol–water partition coefficient (Wildman–Crippen LogP) is 2.04. The van der Waals surface area contributed by atoms with Crippen molar-refractivity contribution in [3.05, 3.63) is 46.4 Å². The molecule has 0 aliphatic rings. The molecule has 3 aromatic rings. The lowest BCUT2D eigenvalue weighted by atomic mass is 10.2. The van der Waals surface area contributed by atoms with Crippen LogP contribution in [-0.2, 0) is 4.79 Å². The second kappa shape index (κ2) is 7.52. The van der Waals surface area contributed by atoms with Crippen molar-refractivity contribution in [1.29, 1.82) is 0 Å². The number of benzene rings is 1. The summed E-state index contributed by atoms with van der Waals surface area (Å²) < 4.78 is 1.64. The van der Waals surface area contributed by atoms with Gasteiger partial charge in [-0.3, -0.25) is 9.59 Å².